The molecule has 0 radical (unpaired) electrons. The highest BCUT2D eigenvalue weighted by molar-refractivity contribution is 6.03. The number of para-hydroxylation sites is 1. The summed E-state index contributed by atoms with van der Waals surface area (Å²) in [5.41, 5.74) is 1.88. The Morgan fingerprint density at radius 3 is 2.04 bits per heavy atom. The van der Waals surface area contributed by atoms with Gasteiger partial charge < -0.3 is 14.9 Å². The quantitative estimate of drug-likeness (QED) is 0.448. The molecule has 128 valence electrons. The standard InChI is InChI=1S/C16H25N3O4/c1-15(2,3)22-13(20)10-8-7-9-11(19-17)12(10)18-14(21)23-16(4,5)6/h7-9,19H,17H2,1-6H3,(H,18,21). The lowest BCUT2D eigenvalue weighted by Gasteiger charge is -2.23. The van der Waals surface area contributed by atoms with Gasteiger partial charge in [-0.2, -0.15) is 0 Å². The van der Waals surface area contributed by atoms with Crippen LogP contribution in [0, 0.1) is 0 Å². The number of nitrogens with two attached hydrogens (primary N) is 1. The van der Waals surface area contributed by atoms with Gasteiger partial charge in [-0.05, 0) is 53.7 Å². The van der Waals surface area contributed by atoms with Crippen molar-refractivity contribution in [1.82, 2.24) is 0 Å². The molecule has 7 heteroatoms. The van der Waals surface area contributed by atoms with E-state index in [-0.39, 0.29) is 11.3 Å². The molecule has 0 fully saturated rings. The van der Waals surface area contributed by atoms with Crippen LogP contribution in [0.3, 0.4) is 0 Å². The molecule has 1 aromatic rings. The van der Waals surface area contributed by atoms with Gasteiger partial charge in [0.25, 0.3) is 0 Å². The SMILES string of the molecule is CC(C)(C)OC(=O)Nc1c(NN)cccc1C(=O)OC(C)(C)C. The van der Waals surface area contributed by atoms with E-state index in [1.54, 1.807) is 59.7 Å². The molecule has 0 spiro atoms. The van der Waals surface area contributed by atoms with Gasteiger partial charge in [-0.25, -0.2) is 9.59 Å². The van der Waals surface area contributed by atoms with Crippen LogP contribution in [0.4, 0.5) is 16.2 Å². The number of hydrogen-bond donors (Lipinski definition) is 3. The maximum Gasteiger partial charge on any atom is 0.412 e. The van der Waals surface area contributed by atoms with E-state index in [4.69, 9.17) is 15.3 Å². The number of carbonyl (C=O) groups excluding carboxylic acids is 2. The molecule has 0 aliphatic heterocycles. The summed E-state index contributed by atoms with van der Waals surface area (Å²) in [7, 11) is 0. The minimum atomic E-state index is -0.690. The number of ether oxygens (including phenoxy) is 2. The smallest absolute Gasteiger partial charge is 0.412 e. The van der Waals surface area contributed by atoms with E-state index in [1.165, 1.54) is 0 Å². The molecule has 7 nitrogen and oxygen atoms in total. The van der Waals surface area contributed by atoms with Crippen molar-refractivity contribution in [3.8, 4) is 0 Å². The van der Waals surface area contributed by atoms with Crippen molar-refractivity contribution in [2.75, 3.05) is 10.7 Å². The summed E-state index contributed by atoms with van der Waals surface area (Å²) in [4.78, 5) is 24.3. The summed E-state index contributed by atoms with van der Waals surface area (Å²) < 4.78 is 10.6. The minimum absolute atomic E-state index is 0.182. The monoisotopic (exact) mass is 323 g/mol. The lowest BCUT2D eigenvalue weighted by Crippen LogP contribution is -2.29. The molecule has 0 aliphatic rings. The molecule has 0 aliphatic carbocycles. The summed E-state index contributed by atoms with van der Waals surface area (Å²) in [6, 6.07) is 4.80. The van der Waals surface area contributed by atoms with Gasteiger partial charge in [0, 0.05) is 0 Å². The molecule has 0 heterocycles. The van der Waals surface area contributed by atoms with Crippen molar-refractivity contribution in [2.45, 2.75) is 52.7 Å². The fraction of sp³-hybridized carbons (Fsp3) is 0.500. The van der Waals surface area contributed by atoms with Crippen LogP contribution in [0.15, 0.2) is 18.2 Å². The third-order valence-corrected chi connectivity index (χ3v) is 2.46. The molecule has 0 unspecified atom stereocenters. The predicted molar refractivity (Wildman–Crippen MR) is 89.3 cm³/mol. The van der Waals surface area contributed by atoms with E-state index in [0.29, 0.717) is 5.69 Å². The van der Waals surface area contributed by atoms with Gasteiger partial charge in [0.15, 0.2) is 0 Å². The molecule has 0 saturated carbocycles. The maximum atomic E-state index is 12.3. The number of amides is 1. The molecule has 1 aromatic carbocycles. The molecule has 0 bridgehead atoms. The molecule has 1 rings (SSSR count). The van der Waals surface area contributed by atoms with Gasteiger partial charge in [-0.1, -0.05) is 6.07 Å². The molecule has 4 N–H and O–H groups in total. The van der Waals surface area contributed by atoms with E-state index < -0.39 is 23.3 Å². The van der Waals surface area contributed by atoms with Crippen LogP contribution in [0.2, 0.25) is 0 Å². The highest BCUT2D eigenvalue weighted by atomic mass is 16.6. The lowest BCUT2D eigenvalue weighted by atomic mass is 10.1. The Kier molecular flexibility index (Phi) is 5.60. The van der Waals surface area contributed by atoms with Crippen LogP contribution in [0.5, 0.6) is 0 Å². The first-order valence-electron chi connectivity index (χ1n) is 7.26. The van der Waals surface area contributed by atoms with Crippen molar-refractivity contribution >= 4 is 23.4 Å². The molecule has 1 amide bonds. The topological polar surface area (TPSA) is 103 Å². The van der Waals surface area contributed by atoms with Gasteiger partial charge in [0.1, 0.15) is 11.2 Å². The number of carbonyl (C=O) groups is 2. The van der Waals surface area contributed by atoms with Crippen LogP contribution in [-0.4, -0.2) is 23.3 Å². The number of nitrogens with one attached hydrogen (secondary N) is 2. The van der Waals surface area contributed by atoms with Crippen molar-refractivity contribution in [3.05, 3.63) is 23.8 Å². The van der Waals surface area contributed by atoms with Gasteiger partial charge in [-0.15, -0.1) is 0 Å². The first-order chi connectivity index (χ1) is 10.4. The van der Waals surface area contributed by atoms with E-state index in [1.807, 2.05) is 0 Å². The average Bonchev–Trinajstić information content (AvgIpc) is 2.34. The van der Waals surface area contributed by atoms with Crippen LogP contribution in [0.1, 0.15) is 51.9 Å². The number of anilines is 2. The lowest BCUT2D eigenvalue weighted by molar-refractivity contribution is 0.00708. The Bertz CT molecular complexity index is 586. The summed E-state index contributed by atoms with van der Waals surface area (Å²) >= 11 is 0. The molecule has 0 saturated heterocycles. The predicted octanol–water partition coefficient (Wildman–Crippen LogP) is 3.27. The van der Waals surface area contributed by atoms with Crippen molar-refractivity contribution < 1.29 is 19.1 Å². The Labute approximate surface area is 136 Å². The number of hydrazine groups is 1. The van der Waals surface area contributed by atoms with Crippen molar-refractivity contribution in [2.24, 2.45) is 5.84 Å². The molecular formula is C16H25N3O4. The number of rotatable bonds is 3. The minimum Gasteiger partial charge on any atom is -0.456 e. The highest BCUT2D eigenvalue weighted by Gasteiger charge is 2.24. The zero-order valence-electron chi connectivity index (χ0n) is 14.4. The Morgan fingerprint density at radius 2 is 1.57 bits per heavy atom. The summed E-state index contributed by atoms with van der Waals surface area (Å²) in [6.45, 7) is 10.5. The van der Waals surface area contributed by atoms with Gasteiger partial charge in [0.05, 0.1) is 16.9 Å². The fourth-order valence-electron chi connectivity index (χ4n) is 1.72. The molecule has 0 aromatic heterocycles. The summed E-state index contributed by atoms with van der Waals surface area (Å²) in [5, 5.41) is 2.55. The largest absolute Gasteiger partial charge is 0.456 e. The van der Waals surface area contributed by atoms with E-state index >= 15 is 0 Å². The number of nitrogen functional groups attached to an aromatic ring is 1. The number of esters is 1. The van der Waals surface area contributed by atoms with Crippen molar-refractivity contribution in [1.29, 1.82) is 0 Å². The van der Waals surface area contributed by atoms with Crippen molar-refractivity contribution in [3.63, 3.8) is 0 Å². The van der Waals surface area contributed by atoms with Crippen LogP contribution in [-0.2, 0) is 9.47 Å². The van der Waals surface area contributed by atoms with Crippen LogP contribution >= 0.6 is 0 Å². The van der Waals surface area contributed by atoms with E-state index in [2.05, 4.69) is 10.7 Å². The average molecular weight is 323 g/mol. The van der Waals surface area contributed by atoms with E-state index in [9.17, 15) is 9.59 Å². The second kappa shape index (κ2) is 6.87. The summed E-state index contributed by atoms with van der Waals surface area (Å²) in [6.07, 6.45) is -0.690. The zero-order chi connectivity index (χ0) is 17.8. The Morgan fingerprint density at radius 1 is 1.00 bits per heavy atom. The van der Waals surface area contributed by atoms with Crippen LogP contribution < -0.4 is 16.6 Å². The summed E-state index contributed by atoms with van der Waals surface area (Å²) in [5.74, 6) is 4.89. The van der Waals surface area contributed by atoms with Gasteiger partial charge in [-0.3, -0.25) is 11.2 Å². The molecular weight excluding hydrogens is 298 g/mol. The first-order valence-corrected chi connectivity index (χ1v) is 7.26. The third-order valence-electron chi connectivity index (χ3n) is 2.46. The van der Waals surface area contributed by atoms with Crippen LogP contribution in [0.25, 0.3) is 0 Å². The van der Waals surface area contributed by atoms with Gasteiger partial charge in [0.2, 0.25) is 0 Å². The molecule has 0 atom stereocenters. The zero-order valence-corrected chi connectivity index (χ0v) is 14.4. The fourth-order valence-corrected chi connectivity index (χ4v) is 1.72. The van der Waals surface area contributed by atoms with E-state index in [0.717, 1.165) is 0 Å². The second-order valence-corrected chi connectivity index (χ2v) is 7.00. The highest BCUT2D eigenvalue weighted by Crippen LogP contribution is 2.28. The third kappa shape index (κ3) is 6.15. The maximum absolute atomic E-state index is 12.3. The second-order valence-electron chi connectivity index (χ2n) is 7.00. The Hall–Kier alpha value is -2.28. The Balaban J connectivity index is 3.13. The first kappa shape index (κ1) is 18.8. The van der Waals surface area contributed by atoms with Gasteiger partial charge >= 0.3 is 12.1 Å². The molecule has 23 heavy (non-hydrogen) atoms. The number of benzene rings is 1. The normalized spacial score (nSPS) is 11.6. The number of hydrogen-bond acceptors (Lipinski definition) is 6.